The molecular formula is C53H68N8O8. The van der Waals surface area contributed by atoms with Crippen LogP contribution in [-0.2, 0) is 52.8 Å². The Bertz CT molecular complexity index is 2690. The molecule has 2 aromatic heterocycles. The predicted octanol–water partition coefficient (Wildman–Crippen LogP) is 5.14. The summed E-state index contributed by atoms with van der Waals surface area (Å²) >= 11 is 0. The number of phenolic OH excluding ortho intramolecular Hbond substituents is 1. The van der Waals surface area contributed by atoms with Gasteiger partial charge in [0.1, 0.15) is 29.4 Å². The van der Waals surface area contributed by atoms with Gasteiger partial charge in [0, 0.05) is 74.8 Å². The maximum atomic E-state index is 14.9. The molecule has 1 saturated carbocycles. The number of carbonyl (C=O) groups excluding carboxylic acids is 5. The molecule has 5 aliphatic rings. The molecule has 16 nitrogen and oxygen atoms in total. The second-order valence-electron chi connectivity index (χ2n) is 21.1. The molecule has 0 spiro atoms. The molecule has 16 heteroatoms. The van der Waals surface area contributed by atoms with Crippen molar-refractivity contribution in [2.75, 3.05) is 40.4 Å². The first-order valence-corrected chi connectivity index (χ1v) is 24.7. The van der Waals surface area contributed by atoms with Gasteiger partial charge in [-0.1, -0.05) is 46.8 Å². The number of esters is 1. The van der Waals surface area contributed by atoms with E-state index in [1.54, 1.807) is 37.4 Å². The fourth-order valence-corrected chi connectivity index (χ4v) is 11.8. The summed E-state index contributed by atoms with van der Waals surface area (Å²) in [5.74, 6) is -2.26. The van der Waals surface area contributed by atoms with E-state index in [0.29, 0.717) is 44.5 Å². The molecule has 1 aliphatic carbocycles. The molecule has 4 aliphatic heterocycles. The first kappa shape index (κ1) is 48.2. The minimum atomic E-state index is -1.17. The summed E-state index contributed by atoms with van der Waals surface area (Å²) in [4.78, 5) is 79.9. The molecule has 6 bridgehead atoms. The van der Waals surface area contributed by atoms with Crippen LogP contribution in [0.4, 0.5) is 0 Å². The van der Waals surface area contributed by atoms with E-state index < -0.39 is 46.9 Å². The van der Waals surface area contributed by atoms with E-state index in [0.717, 1.165) is 51.0 Å². The third-order valence-electron chi connectivity index (χ3n) is 15.5. The minimum Gasteiger partial charge on any atom is -0.508 e. The molecule has 4 fully saturated rings. The Hall–Kier alpha value is -5.84. The van der Waals surface area contributed by atoms with Gasteiger partial charge in [0.25, 0.3) is 5.91 Å². The molecule has 8 atom stereocenters. The number of pyridine rings is 1. The Balaban J connectivity index is 1.11. The molecule has 69 heavy (non-hydrogen) atoms. The molecule has 4 N–H and O–H groups in total. The van der Waals surface area contributed by atoms with E-state index in [1.165, 1.54) is 9.91 Å². The maximum Gasteiger partial charge on any atom is 0.324 e. The number of methoxy groups -OCH3 is 1. The molecule has 4 aromatic rings. The summed E-state index contributed by atoms with van der Waals surface area (Å²) in [6.07, 6.45) is 3.69. The third kappa shape index (κ3) is 8.66. The number of nitrogens with one attached hydrogen (secondary N) is 3. The number of aromatic hydroxyl groups is 1. The average Bonchev–Trinajstić information content (AvgIpc) is 4.21. The zero-order chi connectivity index (χ0) is 49.3. The molecule has 368 valence electrons. The number of likely N-dealkylation sites (tertiary alicyclic amines) is 1. The Morgan fingerprint density at radius 2 is 1.83 bits per heavy atom. The van der Waals surface area contributed by atoms with E-state index in [9.17, 15) is 29.1 Å². The Kier molecular flexibility index (Phi) is 12.9. The SMILES string of the molecule is CCn1c(-c2cccnc2[C@H](C)OC)c2c3cc(ccc31)-c1cc(O)cc(c1)C[C@H](NC(=O)C(C(C)C)N(C)C(=O)[C@]13C(C)C1CCN3C(=O)[C@H]1CN1)C(=O)N1CCC[C@H](N1)C(=O)OCC(C)(C)C2. The van der Waals surface area contributed by atoms with Crippen LogP contribution in [0.1, 0.15) is 90.7 Å². The standard InChI is InChI=1S/C53H68N8O8/c1-10-59-43-16-15-33-25-37(43)38(46(59)36-13-11-18-54-44(36)31(5)68-9)26-52(6,7)28-69-50(66)40-14-12-19-61(57-40)49(65)41(23-32-21-34(33)24-35(62)22-32)56-47(63)45(29(2)3)58(8)51(67)53-30(4)39(53)17-20-60(53)48(64)42-27-55-42/h11,13,15-16,18,21-22,24-25,29-31,39-42,45,55,57,62H,10,12,14,17,19-20,23,26-28H2,1-9H3,(H,56,63)/t30?,31-,39?,40-,41-,42+,45?,53-/m0/s1. The number of amides is 4. The van der Waals surface area contributed by atoms with Crippen LogP contribution in [0.25, 0.3) is 33.3 Å². The molecule has 0 radical (unpaired) electrons. The van der Waals surface area contributed by atoms with Gasteiger partial charge >= 0.3 is 5.97 Å². The van der Waals surface area contributed by atoms with Crippen LogP contribution in [0.2, 0.25) is 0 Å². The number of aryl methyl sites for hydroxylation is 1. The van der Waals surface area contributed by atoms with Crippen molar-refractivity contribution < 1.29 is 38.6 Å². The average molecular weight is 945 g/mol. The van der Waals surface area contributed by atoms with Gasteiger partial charge in [-0.2, -0.15) is 0 Å². The topological polar surface area (TPSA) is 198 Å². The first-order valence-electron chi connectivity index (χ1n) is 24.7. The number of benzene rings is 2. The number of ether oxygens (including phenoxy) is 2. The van der Waals surface area contributed by atoms with Gasteiger partial charge < -0.3 is 39.6 Å². The normalized spacial score (nSPS) is 26.2. The van der Waals surface area contributed by atoms with Crippen molar-refractivity contribution in [2.24, 2.45) is 23.2 Å². The summed E-state index contributed by atoms with van der Waals surface area (Å²) in [7, 11) is 3.29. The van der Waals surface area contributed by atoms with E-state index >= 15 is 0 Å². The lowest BCUT2D eigenvalue weighted by Crippen LogP contribution is -2.63. The number of carbonyl (C=O) groups is 5. The number of phenols is 1. The van der Waals surface area contributed by atoms with Crippen molar-refractivity contribution in [1.82, 2.24) is 40.4 Å². The van der Waals surface area contributed by atoms with Crippen molar-refractivity contribution in [1.29, 1.82) is 0 Å². The van der Waals surface area contributed by atoms with Gasteiger partial charge in [0.15, 0.2) is 0 Å². The van der Waals surface area contributed by atoms with E-state index in [4.69, 9.17) is 14.5 Å². The van der Waals surface area contributed by atoms with Gasteiger partial charge in [-0.05, 0) is 116 Å². The fourth-order valence-electron chi connectivity index (χ4n) is 11.8. The fraction of sp³-hybridized carbons (Fsp3) is 0.547. The number of piperidine rings is 1. The lowest BCUT2D eigenvalue weighted by Gasteiger charge is -2.38. The zero-order valence-corrected chi connectivity index (χ0v) is 41.4. The van der Waals surface area contributed by atoms with Gasteiger partial charge in [-0.25, -0.2) is 5.43 Å². The third-order valence-corrected chi connectivity index (χ3v) is 15.5. The summed E-state index contributed by atoms with van der Waals surface area (Å²) < 4.78 is 14.2. The Morgan fingerprint density at radius 3 is 2.52 bits per heavy atom. The maximum absolute atomic E-state index is 14.9. The number of likely N-dealkylation sites (N-methyl/N-ethyl adjacent to an activating group) is 1. The highest BCUT2D eigenvalue weighted by Crippen LogP contribution is 2.62. The highest BCUT2D eigenvalue weighted by Gasteiger charge is 2.75. The summed E-state index contributed by atoms with van der Waals surface area (Å²) in [5, 5.41) is 19.9. The van der Waals surface area contributed by atoms with Crippen LogP contribution in [0.3, 0.4) is 0 Å². The quantitative estimate of drug-likeness (QED) is 0.121. The predicted molar refractivity (Wildman–Crippen MR) is 260 cm³/mol. The lowest BCUT2D eigenvalue weighted by molar-refractivity contribution is -0.156. The van der Waals surface area contributed by atoms with Crippen molar-refractivity contribution >= 4 is 40.5 Å². The highest BCUT2D eigenvalue weighted by molar-refractivity contribution is 6.01. The number of fused-ring (bicyclic) bond motifs is 7. The second kappa shape index (κ2) is 18.5. The van der Waals surface area contributed by atoms with E-state index in [-0.39, 0.29) is 67.0 Å². The largest absolute Gasteiger partial charge is 0.508 e. The zero-order valence-electron chi connectivity index (χ0n) is 41.4. The van der Waals surface area contributed by atoms with Crippen molar-refractivity contribution in [3.63, 3.8) is 0 Å². The van der Waals surface area contributed by atoms with Gasteiger partial charge in [-0.15, -0.1) is 0 Å². The van der Waals surface area contributed by atoms with Crippen LogP contribution in [-0.4, -0.2) is 129 Å². The number of nitrogens with zero attached hydrogens (tertiary/aromatic N) is 5. The van der Waals surface area contributed by atoms with Gasteiger partial charge in [0.2, 0.25) is 17.7 Å². The smallest absolute Gasteiger partial charge is 0.324 e. The highest BCUT2D eigenvalue weighted by atomic mass is 16.5. The summed E-state index contributed by atoms with van der Waals surface area (Å²) in [6.45, 7) is 16.1. The van der Waals surface area contributed by atoms with E-state index in [2.05, 4.69) is 59.6 Å². The molecule has 9 rings (SSSR count). The molecular weight excluding hydrogens is 877 g/mol. The van der Waals surface area contributed by atoms with Crippen molar-refractivity contribution in [3.8, 4) is 28.1 Å². The van der Waals surface area contributed by atoms with Crippen LogP contribution >= 0.6 is 0 Å². The molecule has 2 aromatic carbocycles. The number of cyclic esters (lactones) is 1. The van der Waals surface area contributed by atoms with Gasteiger partial charge in [-0.3, -0.25) is 34.0 Å². The molecule has 3 saturated heterocycles. The van der Waals surface area contributed by atoms with Crippen LogP contribution in [0.5, 0.6) is 5.75 Å². The Morgan fingerprint density at radius 1 is 1.06 bits per heavy atom. The van der Waals surface area contributed by atoms with Crippen LogP contribution < -0.4 is 16.1 Å². The van der Waals surface area contributed by atoms with Gasteiger partial charge in [0.05, 0.1) is 30.1 Å². The molecule has 3 unspecified atom stereocenters. The lowest BCUT2D eigenvalue weighted by atomic mass is 9.84. The van der Waals surface area contributed by atoms with E-state index in [1.807, 2.05) is 45.9 Å². The molecule has 6 heterocycles. The second-order valence-corrected chi connectivity index (χ2v) is 21.1. The van der Waals surface area contributed by atoms with Crippen molar-refractivity contribution in [3.05, 3.63) is 71.5 Å². The number of hydrazine groups is 1. The van der Waals surface area contributed by atoms with Crippen LogP contribution in [0, 0.1) is 23.2 Å². The number of aromatic nitrogens is 2. The molecule has 4 amide bonds. The first-order chi connectivity index (χ1) is 32.9. The Labute approximate surface area is 404 Å². The number of hydrogen-bond donors (Lipinski definition) is 4. The number of rotatable bonds is 10. The minimum absolute atomic E-state index is 0.00449. The van der Waals surface area contributed by atoms with Crippen molar-refractivity contribution in [2.45, 2.75) is 123 Å². The van der Waals surface area contributed by atoms with Crippen LogP contribution in [0.15, 0.2) is 54.7 Å². The summed E-state index contributed by atoms with van der Waals surface area (Å²) in [5.41, 5.74) is 8.56. The summed E-state index contributed by atoms with van der Waals surface area (Å²) in [6, 6.07) is 12.2. The monoisotopic (exact) mass is 945 g/mol. The number of hydrogen-bond acceptors (Lipinski definition) is 11.